The van der Waals surface area contributed by atoms with Crippen LogP contribution in [0.1, 0.15) is 90.4 Å². The van der Waals surface area contributed by atoms with E-state index in [1.54, 1.807) is 6.08 Å². The number of ether oxygens (including phenoxy) is 1. The molecule has 0 fully saturated rings. The van der Waals surface area contributed by atoms with E-state index < -0.39 is 12.1 Å². The summed E-state index contributed by atoms with van der Waals surface area (Å²) in [6.45, 7) is 2.30. The van der Waals surface area contributed by atoms with Crippen molar-refractivity contribution >= 4 is 18.6 Å². The predicted octanol–water partition coefficient (Wildman–Crippen LogP) is 4.80. The number of nitrogens with two attached hydrogens (primary N) is 1. The third-order valence-electron chi connectivity index (χ3n) is 4.50. The van der Waals surface area contributed by atoms with Crippen LogP contribution in [0.2, 0.25) is 0 Å². The Kier molecular flexibility index (Phi) is 18.9. The Labute approximate surface area is 166 Å². The van der Waals surface area contributed by atoms with Crippen LogP contribution in [0.25, 0.3) is 0 Å². The van der Waals surface area contributed by atoms with Gasteiger partial charge in [-0.25, -0.2) is 0 Å². The highest BCUT2D eigenvalue weighted by Crippen LogP contribution is 2.12. The van der Waals surface area contributed by atoms with Gasteiger partial charge >= 0.3 is 5.97 Å². The molecule has 3 N–H and O–H groups in total. The van der Waals surface area contributed by atoms with Crippen LogP contribution in [0.15, 0.2) is 12.2 Å². The van der Waals surface area contributed by atoms with Gasteiger partial charge in [-0.05, 0) is 12.8 Å². The minimum atomic E-state index is -0.772. The molecule has 0 radical (unpaired) electrons. The average Bonchev–Trinajstić information content (AvgIpc) is 2.63. The molecule has 0 aliphatic carbocycles. The predicted molar refractivity (Wildman–Crippen MR) is 114 cm³/mol. The second kappa shape index (κ2) is 19.2. The summed E-state index contributed by atoms with van der Waals surface area (Å²) in [5.74, 6) is 0.128. The Hall–Kier alpha value is -0.520. The quantitative estimate of drug-likeness (QED) is 0.137. The zero-order valence-corrected chi connectivity index (χ0v) is 17.6. The first-order valence-electron chi connectivity index (χ1n) is 10.5. The summed E-state index contributed by atoms with van der Waals surface area (Å²) in [7, 11) is 0. The molecule has 0 aliphatic heterocycles. The number of rotatable bonds is 18. The van der Waals surface area contributed by atoms with Crippen molar-refractivity contribution in [3.63, 3.8) is 0 Å². The maximum absolute atomic E-state index is 11.2. The fraction of sp³-hybridized carbons (Fsp3) is 0.857. The fourth-order valence-electron chi connectivity index (χ4n) is 2.76. The van der Waals surface area contributed by atoms with Crippen molar-refractivity contribution < 1.29 is 14.6 Å². The molecular weight excluding hydrogens is 346 g/mol. The van der Waals surface area contributed by atoms with E-state index in [1.807, 2.05) is 6.08 Å². The molecule has 0 aromatic carbocycles. The highest BCUT2D eigenvalue weighted by molar-refractivity contribution is 7.80. The second-order valence-electron chi connectivity index (χ2n) is 7.06. The van der Waals surface area contributed by atoms with Crippen molar-refractivity contribution in [2.24, 2.45) is 5.73 Å². The van der Waals surface area contributed by atoms with Gasteiger partial charge < -0.3 is 15.6 Å². The van der Waals surface area contributed by atoms with Gasteiger partial charge in [0.25, 0.3) is 0 Å². The summed E-state index contributed by atoms with van der Waals surface area (Å²) in [5, 5.41) is 9.92. The lowest BCUT2D eigenvalue weighted by molar-refractivity contribution is -0.144. The molecule has 0 aromatic heterocycles. The maximum atomic E-state index is 11.2. The number of esters is 1. The van der Waals surface area contributed by atoms with Crippen molar-refractivity contribution in [1.29, 1.82) is 0 Å². The van der Waals surface area contributed by atoms with Gasteiger partial charge in [-0.2, -0.15) is 12.6 Å². The van der Waals surface area contributed by atoms with Crippen molar-refractivity contribution in [2.75, 3.05) is 12.4 Å². The Morgan fingerprint density at radius 1 is 1.04 bits per heavy atom. The van der Waals surface area contributed by atoms with E-state index >= 15 is 0 Å². The highest BCUT2D eigenvalue weighted by atomic mass is 32.1. The summed E-state index contributed by atoms with van der Waals surface area (Å²) in [4.78, 5) is 11.2. The van der Waals surface area contributed by atoms with Crippen molar-refractivity contribution in [3.8, 4) is 0 Å². The third-order valence-corrected chi connectivity index (χ3v) is 4.72. The van der Waals surface area contributed by atoms with Gasteiger partial charge in [0.05, 0.1) is 18.6 Å². The lowest BCUT2D eigenvalue weighted by atomic mass is 10.0. The van der Waals surface area contributed by atoms with Gasteiger partial charge in [-0.1, -0.05) is 83.3 Å². The molecule has 0 saturated carbocycles. The molecule has 0 aromatic rings. The van der Waals surface area contributed by atoms with Crippen molar-refractivity contribution in [2.45, 2.75) is 103 Å². The van der Waals surface area contributed by atoms with Crippen LogP contribution >= 0.6 is 12.6 Å². The number of hydrogen-bond acceptors (Lipinski definition) is 5. The smallest absolute Gasteiger partial charge is 0.306 e. The van der Waals surface area contributed by atoms with E-state index in [0.717, 1.165) is 12.8 Å². The number of aliphatic hydroxyl groups excluding tert-OH is 1. The molecule has 0 rings (SSSR count). The summed E-state index contributed by atoms with van der Waals surface area (Å²) >= 11 is 3.97. The van der Waals surface area contributed by atoms with E-state index in [4.69, 9.17) is 10.5 Å². The molecule has 2 unspecified atom stereocenters. The molecule has 2 atom stereocenters. The molecule has 26 heavy (non-hydrogen) atoms. The van der Waals surface area contributed by atoms with Crippen molar-refractivity contribution in [3.05, 3.63) is 12.2 Å². The van der Waals surface area contributed by atoms with Gasteiger partial charge in [0, 0.05) is 5.75 Å². The summed E-state index contributed by atoms with van der Waals surface area (Å²) < 4.78 is 4.98. The zero-order valence-electron chi connectivity index (χ0n) is 16.7. The monoisotopic (exact) mass is 387 g/mol. The molecule has 0 saturated heterocycles. The van der Waals surface area contributed by atoms with E-state index in [-0.39, 0.29) is 19.0 Å². The number of unbranched alkanes of at least 4 members (excludes halogenated alkanes) is 11. The molecule has 154 valence electrons. The first-order valence-corrected chi connectivity index (χ1v) is 11.1. The SMILES string of the molecule is CCCCCCCCCCCCC/C=C/C(O)C(N)COC(=O)CCS. The minimum Gasteiger partial charge on any atom is -0.464 e. The van der Waals surface area contributed by atoms with Crippen LogP contribution in [-0.4, -0.2) is 35.6 Å². The van der Waals surface area contributed by atoms with E-state index in [9.17, 15) is 9.90 Å². The molecular formula is C21H41NO3S. The number of hydrogen-bond donors (Lipinski definition) is 3. The van der Waals surface area contributed by atoms with E-state index in [0.29, 0.717) is 5.75 Å². The number of carbonyl (C=O) groups is 1. The summed E-state index contributed by atoms with van der Waals surface area (Å²) in [6.07, 6.45) is 18.8. The van der Waals surface area contributed by atoms with Gasteiger partial charge in [-0.3, -0.25) is 4.79 Å². The third kappa shape index (κ3) is 16.9. The number of thiol groups is 1. The largest absolute Gasteiger partial charge is 0.464 e. The Bertz CT molecular complexity index is 350. The van der Waals surface area contributed by atoms with Crippen LogP contribution in [0.4, 0.5) is 0 Å². The Morgan fingerprint density at radius 3 is 2.12 bits per heavy atom. The topological polar surface area (TPSA) is 72.6 Å². The molecule has 5 heteroatoms. The van der Waals surface area contributed by atoms with E-state index in [1.165, 1.54) is 64.2 Å². The molecule has 0 bridgehead atoms. The normalized spacial score (nSPS) is 13.8. The lowest BCUT2D eigenvalue weighted by Gasteiger charge is -2.15. The summed E-state index contributed by atoms with van der Waals surface area (Å²) in [6, 6.07) is -0.576. The van der Waals surface area contributed by atoms with Gasteiger partial charge in [0.15, 0.2) is 0 Å². The Morgan fingerprint density at radius 2 is 1.58 bits per heavy atom. The standard InChI is InChI=1S/C21H41NO3S/c1-2-3-4-5-6-7-8-9-10-11-12-13-14-15-20(23)19(22)18-25-21(24)16-17-26/h14-15,19-20,23,26H,2-13,16-18,22H2,1H3/b15-14+. The average molecular weight is 388 g/mol. The number of carbonyl (C=O) groups excluding carboxylic acids is 1. The number of aliphatic hydroxyl groups is 1. The maximum Gasteiger partial charge on any atom is 0.306 e. The second-order valence-corrected chi connectivity index (χ2v) is 7.51. The molecule has 0 heterocycles. The molecule has 0 amide bonds. The van der Waals surface area contributed by atoms with Crippen LogP contribution < -0.4 is 5.73 Å². The first-order chi connectivity index (χ1) is 12.6. The van der Waals surface area contributed by atoms with Gasteiger partial charge in [0.1, 0.15) is 6.61 Å². The van der Waals surface area contributed by atoms with Gasteiger partial charge in [-0.15, -0.1) is 0 Å². The van der Waals surface area contributed by atoms with Crippen LogP contribution in [0.5, 0.6) is 0 Å². The Balaban J connectivity index is 3.46. The van der Waals surface area contributed by atoms with E-state index in [2.05, 4.69) is 19.6 Å². The highest BCUT2D eigenvalue weighted by Gasteiger charge is 2.13. The molecule has 0 aliphatic rings. The minimum absolute atomic E-state index is 0.0383. The first kappa shape index (κ1) is 25.5. The van der Waals surface area contributed by atoms with Crippen LogP contribution in [0.3, 0.4) is 0 Å². The molecule has 4 nitrogen and oxygen atoms in total. The van der Waals surface area contributed by atoms with Crippen molar-refractivity contribution in [1.82, 2.24) is 0 Å². The fourth-order valence-corrected chi connectivity index (χ4v) is 2.94. The van der Waals surface area contributed by atoms with Crippen LogP contribution in [0, 0.1) is 0 Å². The summed E-state index contributed by atoms with van der Waals surface area (Å²) in [5.41, 5.74) is 5.81. The van der Waals surface area contributed by atoms with Crippen LogP contribution in [-0.2, 0) is 9.53 Å². The number of allylic oxidation sites excluding steroid dienone is 1. The lowest BCUT2D eigenvalue weighted by Crippen LogP contribution is -2.38. The zero-order chi connectivity index (χ0) is 19.5. The van der Waals surface area contributed by atoms with Gasteiger partial charge in [0.2, 0.25) is 0 Å². The molecule has 0 spiro atoms.